The first-order valence-corrected chi connectivity index (χ1v) is 7.89. The second-order valence-corrected chi connectivity index (χ2v) is 6.00. The Bertz CT molecular complexity index is 442. The van der Waals surface area contributed by atoms with E-state index in [4.69, 9.17) is 22.1 Å². The van der Waals surface area contributed by atoms with E-state index < -0.39 is 0 Å². The van der Waals surface area contributed by atoms with Gasteiger partial charge in [-0.25, -0.2) is 0 Å². The number of hydrogen-bond donors (Lipinski definition) is 2. The van der Waals surface area contributed by atoms with E-state index in [1.165, 1.54) is 0 Å². The molecule has 1 aromatic rings. The molecule has 1 amide bonds. The monoisotopic (exact) mass is 310 g/mol. The second-order valence-electron chi connectivity index (χ2n) is 5.56. The molecule has 1 aromatic carbocycles. The Kier molecular flexibility index (Phi) is 6.49. The largest absolute Gasteiger partial charge is 0.376 e. The third-order valence-electron chi connectivity index (χ3n) is 3.77. The fourth-order valence-electron chi connectivity index (χ4n) is 2.52. The summed E-state index contributed by atoms with van der Waals surface area (Å²) in [5.41, 5.74) is 6.81. The minimum Gasteiger partial charge on any atom is -0.376 e. The topological polar surface area (TPSA) is 64.3 Å². The van der Waals surface area contributed by atoms with Crippen LogP contribution in [0.25, 0.3) is 0 Å². The molecule has 0 bridgehead atoms. The first kappa shape index (κ1) is 16.3. The summed E-state index contributed by atoms with van der Waals surface area (Å²) in [7, 11) is 0. The summed E-state index contributed by atoms with van der Waals surface area (Å²) in [4.78, 5) is 11.8. The smallest absolute Gasteiger partial charge is 0.224 e. The zero-order chi connectivity index (χ0) is 15.1. The maximum absolute atomic E-state index is 11.8. The lowest BCUT2D eigenvalue weighted by atomic mass is 9.94. The summed E-state index contributed by atoms with van der Waals surface area (Å²) in [5.74, 6) is 0.00610. The lowest BCUT2D eigenvalue weighted by Crippen LogP contribution is -2.33. The lowest BCUT2D eigenvalue weighted by Gasteiger charge is -2.26. The van der Waals surface area contributed by atoms with Gasteiger partial charge < -0.3 is 15.8 Å². The zero-order valence-electron chi connectivity index (χ0n) is 12.2. The first-order chi connectivity index (χ1) is 10.1. The molecule has 0 unspecified atom stereocenters. The number of carbonyl (C=O) groups is 1. The Balaban J connectivity index is 1.58. The highest BCUT2D eigenvalue weighted by Gasteiger charge is 2.18. The molecule has 1 aliphatic rings. The molecule has 5 heteroatoms. The number of nitrogens with one attached hydrogen (secondary N) is 1. The van der Waals surface area contributed by atoms with Crippen molar-refractivity contribution in [1.29, 1.82) is 0 Å². The molecule has 1 aliphatic carbocycles. The Hall–Kier alpha value is -1.10. The maximum atomic E-state index is 11.8. The molecule has 1 saturated carbocycles. The molecular weight excluding hydrogens is 288 g/mol. The molecule has 4 nitrogen and oxygen atoms in total. The highest BCUT2D eigenvalue weighted by atomic mass is 35.5. The lowest BCUT2D eigenvalue weighted by molar-refractivity contribution is -0.120. The molecule has 116 valence electrons. The summed E-state index contributed by atoms with van der Waals surface area (Å²) in [6, 6.07) is 7.65. The van der Waals surface area contributed by atoms with Crippen LogP contribution in [0.5, 0.6) is 0 Å². The van der Waals surface area contributed by atoms with E-state index in [1.807, 2.05) is 12.1 Å². The summed E-state index contributed by atoms with van der Waals surface area (Å²) in [6.07, 6.45) is 4.80. The van der Waals surface area contributed by atoms with Crippen molar-refractivity contribution in [3.8, 4) is 0 Å². The Labute approximate surface area is 131 Å². The molecule has 2 rings (SSSR count). The first-order valence-electron chi connectivity index (χ1n) is 7.52. The van der Waals surface area contributed by atoms with Crippen LogP contribution in [0.15, 0.2) is 24.3 Å². The van der Waals surface area contributed by atoms with Crippen molar-refractivity contribution in [3.63, 3.8) is 0 Å². The molecule has 0 spiro atoms. The molecule has 0 heterocycles. The van der Waals surface area contributed by atoms with E-state index in [0.717, 1.165) is 31.2 Å². The molecule has 0 radical (unpaired) electrons. The van der Waals surface area contributed by atoms with Crippen molar-refractivity contribution in [2.45, 2.75) is 44.2 Å². The van der Waals surface area contributed by atoms with Crippen LogP contribution in [0.3, 0.4) is 0 Å². The fourth-order valence-corrected chi connectivity index (χ4v) is 2.65. The number of halogens is 1. The Morgan fingerprint density at radius 2 is 1.90 bits per heavy atom. The Morgan fingerprint density at radius 1 is 1.24 bits per heavy atom. The van der Waals surface area contributed by atoms with Gasteiger partial charge in [0.25, 0.3) is 0 Å². The normalized spacial score (nSPS) is 22.0. The molecule has 0 atom stereocenters. The average Bonchev–Trinajstić information content (AvgIpc) is 2.48. The van der Waals surface area contributed by atoms with Crippen LogP contribution in [0.2, 0.25) is 5.02 Å². The van der Waals surface area contributed by atoms with Crippen LogP contribution < -0.4 is 11.1 Å². The third kappa shape index (κ3) is 6.04. The third-order valence-corrected chi connectivity index (χ3v) is 4.03. The van der Waals surface area contributed by atoms with Crippen molar-refractivity contribution < 1.29 is 9.53 Å². The Morgan fingerprint density at radius 3 is 2.57 bits per heavy atom. The van der Waals surface area contributed by atoms with Crippen molar-refractivity contribution >= 4 is 17.5 Å². The van der Waals surface area contributed by atoms with Gasteiger partial charge in [0, 0.05) is 17.6 Å². The minimum absolute atomic E-state index is 0.00610. The van der Waals surface area contributed by atoms with Gasteiger partial charge in [0.1, 0.15) is 0 Å². The molecular formula is C16H23ClN2O2. The van der Waals surface area contributed by atoms with E-state index >= 15 is 0 Å². The number of nitrogens with two attached hydrogens (primary N) is 1. The number of benzene rings is 1. The van der Waals surface area contributed by atoms with Crippen LogP contribution in [0.4, 0.5) is 0 Å². The van der Waals surface area contributed by atoms with Gasteiger partial charge in [0.2, 0.25) is 5.91 Å². The average molecular weight is 311 g/mol. The van der Waals surface area contributed by atoms with Gasteiger partial charge in [-0.15, -0.1) is 0 Å². The van der Waals surface area contributed by atoms with Gasteiger partial charge in [0.15, 0.2) is 0 Å². The van der Waals surface area contributed by atoms with E-state index in [9.17, 15) is 4.79 Å². The van der Waals surface area contributed by atoms with E-state index in [2.05, 4.69) is 5.32 Å². The van der Waals surface area contributed by atoms with Crippen LogP contribution in [0.1, 0.15) is 31.2 Å². The van der Waals surface area contributed by atoms with E-state index in [0.29, 0.717) is 36.7 Å². The summed E-state index contributed by atoms with van der Waals surface area (Å²) in [5, 5.41) is 3.55. The molecule has 3 N–H and O–H groups in total. The van der Waals surface area contributed by atoms with Gasteiger partial charge in [-0.05, 0) is 43.4 Å². The molecule has 1 fully saturated rings. The SMILES string of the molecule is NC1CCC(OCCNC(=O)Cc2ccc(Cl)cc2)CC1. The van der Waals surface area contributed by atoms with Gasteiger partial charge >= 0.3 is 0 Å². The molecule has 0 aromatic heterocycles. The number of hydrogen-bond acceptors (Lipinski definition) is 3. The van der Waals surface area contributed by atoms with Crippen molar-refractivity contribution in [3.05, 3.63) is 34.9 Å². The van der Waals surface area contributed by atoms with Gasteiger partial charge in [0.05, 0.1) is 19.1 Å². The fraction of sp³-hybridized carbons (Fsp3) is 0.562. The van der Waals surface area contributed by atoms with E-state index in [1.54, 1.807) is 12.1 Å². The number of ether oxygens (including phenoxy) is 1. The van der Waals surface area contributed by atoms with Gasteiger partial charge in [-0.3, -0.25) is 4.79 Å². The maximum Gasteiger partial charge on any atom is 0.224 e. The minimum atomic E-state index is 0.00610. The summed E-state index contributed by atoms with van der Waals surface area (Å²) in [6.45, 7) is 1.11. The molecule has 0 aliphatic heterocycles. The highest BCUT2D eigenvalue weighted by Crippen LogP contribution is 2.19. The second kappa shape index (κ2) is 8.37. The van der Waals surface area contributed by atoms with Crippen LogP contribution in [0, 0.1) is 0 Å². The summed E-state index contributed by atoms with van der Waals surface area (Å²) < 4.78 is 5.76. The van der Waals surface area contributed by atoms with Crippen molar-refractivity contribution in [1.82, 2.24) is 5.32 Å². The predicted octanol–water partition coefficient (Wildman–Crippen LogP) is 2.29. The van der Waals surface area contributed by atoms with Gasteiger partial charge in [-0.1, -0.05) is 23.7 Å². The number of rotatable bonds is 6. The van der Waals surface area contributed by atoms with Crippen molar-refractivity contribution in [2.24, 2.45) is 5.73 Å². The standard InChI is InChI=1S/C16H23ClN2O2/c17-13-3-1-12(2-4-13)11-16(20)19-9-10-21-15-7-5-14(18)6-8-15/h1-4,14-15H,5-11,18H2,(H,19,20). The van der Waals surface area contributed by atoms with Crippen molar-refractivity contribution in [2.75, 3.05) is 13.2 Å². The number of amides is 1. The number of carbonyl (C=O) groups excluding carboxylic acids is 1. The van der Waals surface area contributed by atoms with Crippen LogP contribution in [-0.4, -0.2) is 31.2 Å². The summed E-state index contributed by atoms with van der Waals surface area (Å²) >= 11 is 5.81. The van der Waals surface area contributed by atoms with Crippen LogP contribution in [-0.2, 0) is 16.0 Å². The molecule has 0 saturated heterocycles. The highest BCUT2D eigenvalue weighted by molar-refractivity contribution is 6.30. The van der Waals surface area contributed by atoms with Gasteiger partial charge in [-0.2, -0.15) is 0 Å². The van der Waals surface area contributed by atoms with E-state index in [-0.39, 0.29) is 5.91 Å². The predicted molar refractivity (Wildman–Crippen MR) is 84.3 cm³/mol. The zero-order valence-corrected chi connectivity index (χ0v) is 12.9. The molecule has 21 heavy (non-hydrogen) atoms. The van der Waals surface area contributed by atoms with Crippen LogP contribution >= 0.6 is 11.6 Å². The quantitative estimate of drug-likeness (QED) is 0.792.